The summed E-state index contributed by atoms with van der Waals surface area (Å²) in [5.74, 6) is 0. The average molecular weight is 165 g/mol. The largest absolute Gasteiger partial charge is 0.375 e. The van der Waals surface area contributed by atoms with Gasteiger partial charge in [-0.05, 0) is 5.56 Å². The topological polar surface area (TPSA) is 38.7 Å². The van der Waals surface area contributed by atoms with Crippen molar-refractivity contribution < 1.29 is 4.74 Å². The molecule has 1 unspecified atom stereocenters. The lowest BCUT2D eigenvalue weighted by molar-refractivity contribution is 0.110. The molecule has 0 fully saturated rings. The van der Waals surface area contributed by atoms with Gasteiger partial charge in [0.05, 0.1) is 0 Å². The zero-order valence-corrected chi connectivity index (χ0v) is 6.93. The first-order chi connectivity index (χ1) is 5.88. The first-order valence-electron chi connectivity index (χ1n) is 3.75. The molecule has 0 N–H and O–H groups in total. The van der Waals surface area contributed by atoms with Gasteiger partial charge >= 0.3 is 0 Å². The van der Waals surface area contributed by atoms with Gasteiger partial charge in [-0.15, -0.1) is 0 Å². The molecule has 0 aliphatic heterocycles. The SMILES string of the molecule is COC(CN=O)c1ccccc1. The molecule has 1 atom stereocenters. The van der Waals surface area contributed by atoms with Crippen molar-refractivity contribution in [2.45, 2.75) is 6.10 Å². The van der Waals surface area contributed by atoms with E-state index in [0.29, 0.717) is 0 Å². The quantitative estimate of drug-likeness (QED) is 0.641. The van der Waals surface area contributed by atoms with E-state index >= 15 is 0 Å². The number of hydrogen-bond donors (Lipinski definition) is 0. The van der Waals surface area contributed by atoms with Crippen LogP contribution in [0.1, 0.15) is 11.7 Å². The van der Waals surface area contributed by atoms with Gasteiger partial charge in [0.15, 0.2) is 0 Å². The Hall–Kier alpha value is -1.22. The molecule has 0 aliphatic rings. The van der Waals surface area contributed by atoms with E-state index in [1.165, 1.54) is 0 Å². The van der Waals surface area contributed by atoms with E-state index in [2.05, 4.69) is 5.18 Å². The third-order valence-electron chi connectivity index (χ3n) is 1.70. The van der Waals surface area contributed by atoms with Crippen molar-refractivity contribution in [1.82, 2.24) is 0 Å². The molecule has 0 bridgehead atoms. The minimum Gasteiger partial charge on any atom is -0.375 e. The lowest BCUT2D eigenvalue weighted by atomic mass is 10.1. The maximum absolute atomic E-state index is 10.0. The molecule has 0 radical (unpaired) electrons. The maximum Gasteiger partial charge on any atom is 0.111 e. The van der Waals surface area contributed by atoms with Crippen LogP contribution in [0.4, 0.5) is 0 Å². The van der Waals surface area contributed by atoms with Crippen LogP contribution < -0.4 is 0 Å². The van der Waals surface area contributed by atoms with E-state index in [1.54, 1.807) is 7.11 Å². The molecule has 0 aromatic heterocycles. The van der Waals surface area contributed by atoms with E-state index in [9.17, 15) is 4.91 Å². The second-order valence-corrected chi connectivity index (χ2v) is 2.45. The van der Waals surface area contributed by atoms with Crippen molar-refractivity contribution in [3.05, 3.63) is 40.8 Å². The van der Waals surface area contributed by atoms with Gasteiger partial charge in [0.2, 0.25) is 0 Å². The van der Waals surface area contributed by atoms with Gasteiger partial charge in [0.1, 0.15) is 12.6 Å². The van der Waals surface area contributed by atoms with Gasteiger partial charge in [-0.2, -0.15) is 4.91 Å². The number of methoxy groups -OCH3 is 1. The predicted octanol–water partition coefficient (Wildman–Crippen LogP) is 2.14. The molecular formula is C9H11NO2. The van der Waals surface area contributed by atoms with Crippen molar-refractivity contribution in [2.75, 3.05) is 13.7 Å². The Morgan fingerprint density at radius 2 is 2.08 bits per heavy atom. The molecule has 0 spiro atoms. The fourth-order valence-electron chi connectivity index (χ4n) is 1.05. The van der Waals surface area contributed by atoms with Gasteiger partial charge in [-0.25, -0.2) is 0 Å². The summed E-state index contributed by atoms with van der Waals surface area (Å²) in [6, 6.07) is 9.57. The molecule has 1 rings (SSSR count). The Balaban J connectivity index is 2.72. The number of nitrogens with zero attached hydrogens (tertiary/aromatic N) is 1. The summed E-state index contributed by atoms with van der Waals surface area (Å²) in [5.41, 5.74) is 0.986. The molecule has 3 nitrogen and oxygen atoms in total. The molecule has 1 aromatic rings. The second kappa shape index (κ2) is 4.62. The fourth-order valence-corrected chi connectivity index (χ4v) is 1.05. The monoisotopic (exact) mass is 165 g/mol. The molecule has 1 aromatic carbocycles. The molecule has 3 heteroatoms. The standard InChI is InChI=1S/C9H11NO2/c1-12-9(7-10-11)8-5-3-2-4-6-8/h2-6,9H,7H2,1H3. The number of benzene rings is 1. The summed E-state index contributed by atoms with van der Waals surface area (Å²) in [7, 11) is 1.57. The molecule has 12 heavy (non-hydrogen) atoms. The zero-order valence-electron chi connectivity index (χ0n) is 6.93. The van der Waals surface area contributed by atoms with Crippen LogP contribution >= 0.6 is 0 Å². The predicted molar refractivity (Wildman–Crippen MR) is 46.9 cm³/mol. The number of nitroso groups, excluding NO2 is 1. The Morgan fingerprint density at radius 1 is 1.42 bits per heavy atom. The minimum absolute atomic E-state index is 0.167. The molecule has 64 valence electrons. The van der Waals surface area contributed by atoms with E-state index in [-0.39, 0.29) is 12.6 Å². The highest BCUT2D eigenvalue weighted by molar-refractivity contribution is 5.17. The smallest absolute Gasteiger partial charge is 0.111 e. The van der Waals surface area contributed by atoms with Crippen LogP contribution in [-0.4, -0.2) is 13.7 Å². The Bertz CT molecular complexity index is 236. The lowest BCUT2D eigenvalue weighted by Gasteiger charge is -2.10. The van der Waals surface area contributed by atoms with E-state index in [0.717, 1.165) is 5.56 Å². The highest BCUT2D eigenvalue weighted by atomic mass is 16.5. The van der Waals surface area contributed by atoms with Gasteiger partial charge in [0, 0.05) is 7.11 Å². The van der Waals surface area contributed by atoms with Crippen LogP contribution in [-0.2, 0) is 4.74 Å². The van der Waals surface area contributed by atoms with Gasteiger partial charge in [0.25, 0.3) is 0 Å². The van der Waals surface area contributed by atoms with Crippen LogP contribution in [0.5, 0.6) is 0 Å². The minimum atomic E-state index is -0.205. The van der Waals surface area contributed by atoms with Gasteiger partial charge < -0.3 is 4.74 Å². The van der Waals surface area contributed by atoms with E-state index in [4.69, 9.17) is 4.74 Å². The summed E-state index contributed by atoms with van der Waals surface area (Å²) >= 11 is 0. The summed E-state index contributed by atoms with van der Waals surface area (Å²) < 4.78 is 5.08. The third-order valence-corrected chi connectivity index (χ3v) is 1.70. The van der Waals surface area contributed by atoms with Crippen LogP contribution in [0.25, 0.3) is 0 Å². The molecular weight excluding hydrogens is 154 g/mol. The third kappa shape index (κ3) is 2.13. The van der Waals surface area contributed by atoms with Crippen molar-refractivity contribution >= 4 is 0 Å². The van der Waals surface area contributed by atoms with Crippen LogP contribution in [0.2, 0.25) is 0 Å². The number of hydrogen-bond acceptors (Lipinski definition) is 3. The number of rotatable bonds is 4. The summed E-state index contributed by atoms with van der Waals surface area (Å²) in [6.07, 6.45) is -0.205. The van der Waals surface area contributed by atoms with Gasteiger partial charge in [-0.1, -0.05) is 35.5 Å². The second-order valence-electron chi connectivity index (χ2n) is 2.45. The zero-order chi connectivity index (χ0) is 8.81. The van der Waals surface area contributed by atoms with E-state index < -0.39 is 0 Å². The van der Waals surface area contributed by atoms with Crippen molar-refractivity contribution in [3.63, 3.8) is 0 Å². The summed E-state index contributed by atoms with van der Waals surface area (Å²) in [5, 5.41) is 2.81. The Kier molecular flexibility index (Phi) is 3.41. The van der Waals surface area contributed by atoms with Crippen molar-refractivity contribution in [1.29, 1.82) is 0 Å². The molecule has 0 amide bonds. The fraction of sp³-hybridized carbons (Fsp3) is 0.333. The molecule has 0 aliphatic carbocycles. The molecule has 0 heterocycles. The first kappa shape index (κ1) is 8.87. The van der Waals surface area contributed by atoms with Crippen LogP contribution in [0.15, 0.2) is 35.5 Å². The highest BCUT2D eigenvalue weighted by Gasteiger charge is 2.08. The normalized spacial score (nSPS) is 12.4. The first-order valence-corrected chi connectivity index (χ1v) is 3.75. The lowest BCUT2D eigenvalue weighted by Crippen LogP contribution is -2.04. The Labute approximate surface area is 71.3 Å². The number of ether oxygens (including phenoxy) is 1. The summed E-state index contributed by atoms with van der Waals surface area (Å²) in [6.45, 7) is 0.167. The van der Waals surface area contributed by atoms with Gasteiger partial charge in [-0.3, -0.25) is 0 Å². The van der Waals surface area contributed by atoms with Crippen LogP contribution in [0, 0.1) is 4.91 Å². The molecule has 0 saturated carbocycles. The summed E-state index contributed by atoms with van der Waals surface area (Å²) in [4.78, 5) is 10.0. The average Bonchev–Trinajstić information content (AvgIpc) is 2.15. The Morgan fingerprint density at radius 3 is 2.58 bits per heavy atom. The van der Waals surface area contributed by atoms with Crippen molar-refractivity contribution in [3.8, 4) is 0 Å². The molecule has 0 saturated heterocycles. The highest BCUT2D eigenvalue weighted by Crippen LogP contribution is 2.15. The van der Waals surface area contributed by atoms with E-state index in [1.807, 2.05) is 30.3 Å². The van der Waals surface area contributed by atoms with Crippen molar-refractivity contribution in [2.24, 2.45) is 5.18 Å². The maximum atomic E-state index is 10.0. The van der Waals surface area contributed by atoms with Crippen LogP contribution in [0.3, 0.4) is 0 Å².